The maximum Gasteiger partial charge on any atom is 0.339 e. The topological polar surface area (TPSA) is 55.8 Å². The van der Waals surface area contributed by atoms with Crippen LogP contribution in [0.1, 0.15) is 5.56 Å². The molecule has 8 heteroatoms. The first-order valence-electron chi connectivity index (χ1n) is 7.63. The van der Waals surface area contributed by atoms with Crippen molar-refractivity contribution in [3.05, 3.63) is 59.1 Å². The normalized spacial score (nSPS) is 15.0. The van der Waals surface area contributed by atoms with Crippen molar-refractivity contribution in [3.8, 4) is 5.75 Å². The quantitative estimate of drug-likeness (QED) is 0.583. The summed E-state index contributed by atoms with van der Waals surface area (Å²) in [6, 6.07) is 12.6. The Hall–Kier alpha value is -1.67. The molecule has 1 aliphatic rings. The standard InChI is InChI=1S/C17H16ClNO4S2/c18-14-4-6-16(7-5-14)25(20,21)23-15-3-1-2-13(12-15)17(24)19-8-10-22-11-9-19/h1-7,12H,8-11H2. The molecule has 0 spiro atoms. The molecule has 2 aromatic rings. The molecule has 0 aliphatic carbocycles. The Morgan fingerprint density at radius 2 is 1.80 bits per heavy atom. The number of hydrogen-bond acceptors (Lipinski definition) is 5. The van der Waals surface area contributed by atoms with E-state index in [2.05, 4.69) is 0 Å². The molecule has 25 heavy (non-hydrogen) atoms. The Morgan fingerprint density at radius 1 is 1.12 bits per heavy atom. The highest BCUT2D eigenvalue weighted by molar-refractivity contribution is 7.87. The molecule has 0 aromatic heterocycles. The lowest BCUT2D eigenvalue weighted by Gasteiger charge is -2.29. The van der Waals surface area contributed by atoms with E-state index in [-0.39, 0.29) is 10.6 Å². The summed E-state index contributed by atoms with van der Waals surface area (Å²) in [5, 5.41) is 0.455. The Bertz CT molecular complexity index is 862. The minimum absolute atomic E-state index is 0.0399. The smallest absolute Gasteiger partial charge is 0.339 e. The van der Waals surface area contributed by atoms with Gasteiger partial charge in [-0.15, -0.1) is 0 Å². The molecule has 0 saturated carbocycles. The van der Waals surface area contributed by atoms with E-state index in [1.165, 1.54) is 24.3 Å². The van der Waals surface area contributed by atoms with Gasteiger partial charge in [-0.25, -0.2) is 0 Å². The number of nitrogens with zero attached hydrogens (tertiary/aromatic N) is 1. The average Bonchev–Trinajstić information content (AvgIpc) is 2.62. The monoisotopic (exact) mass is 397 g/mol. The third kappa shape index (κ3) is 4.49. The summed E-state index contributed by atoms with van der Waals surface area (Å²) in [6.07, 6.45) is 0. The number of morpholine rings is 1. The molecule has 1 saturated heterocycles. The van der Waals surface area contributed by atoms with E-state index < -0.39 is 10.1 Å². The largest absolute Gasteiger partial charge is 0.379 e. The second-order valence-corrected chi connectivity index (χ2v) is 7.79. The first kappa shape index (κ1) is 18.1. The van der Waals surface area contributed by atoms with Gasteiger partial charge in [-0.3, -0.25) is 0 Å². The van der Waals surface area contributed by atoms with Crippen molar-refractivity contribution in [1.29, 1.82) is 0 Å². The Labute approximate surface area is 157 Å². The van der Waals surface area contributed by atoms with Gasteiger partial charge in [0.2, 0.25) is 0 Å². The molecule has 1 fully saturated rings. The average molecular weight is 398 g/mol. The summed E-state index contributed by atoms with van der Waals surface area (Å²) >= 11 is 11.3. The van der Waals surface area contributed by atoms with Gasteiger partial charge in [0.05, 0.1) is 13.2 Å². The van der Waals surface area contributed by atoms with E-state index in [1.807, 2.05) is 11.0 Å². The maximum absolute atomic E-state index is 12.4. The summed E-state index contributed by atoms with van der Waals surface area (Å²) in [6.45, 7) is 2.68. The van der Waals surface area contributed by atoms with Crippen molar-refractivity contribution >= 4 is 38.9 Å². The van der Waals surface area contributed by atoms with Gasteiger partial charge < -0.3 is 13.8 Å². The highest BCUT2D eigenvalue weighted by Gasteiger charge is 2.19. The number of thiocarbonyl (C=S) groups is 1. The van der Waals surface area contributed by atoms with Crippen LogP contribution in [0.5, 0.6) is 5.75 Å². The highest BCUT2D eigenvalue weighted by atomic mass is 35.5. The van der Waals surface area contributed by atoms with Gasteiger partial charge in [-0.2, -0.15) is 8.42 Å². The highest BCUT2D eigenvalue weighted by Crippen LogP contribution is 2.22. The van der Waals surface area contributed by atoms with Gasteiger partial charge in [0.25, 0.3) is 0 Å². The van der Waals surface area contributed by atoms with Gasteiger partial charge in [-0.1, -0.05) is 36.0 Å². The minimum Gasteiger partial charge on any atom is -0.379 e. The van der Waals surface area contributed by atoms with Crippen LogP contribution in [0.25, 0.3) is 0 Å². The lowest BCUT2D eigenvalue weighted by molar-refractivity contribution is 0.0693. The zero-order valence-electron chi connectivity index (χ0n) is 13.2. The Balaban J connectivity index is 1.79. The molecule has 0 bridgehead atoms. The minimum atomic E-state index is -3.93. The van der Waals surface area contributed by atoms with Gasteiger partial charge >= 0.3 is 10.1 Å². The van der Waals surface area contributed by atoms with Crippen molar-refractivity contribution in [1.82, 2.24) is 4.90 Å². The fourth-order valence-corrected chi connectivity index (χ4v) is 3.76. The lowest BCUT2D eigenvalue weighted by Crippen LogP contribution is -2.40. The van der Waals surface area contributed by atoms with Crippen LogP contribution < -0.4 is 4.18 Å². The molecular formula is C17H16ClNO4S2. The summed E-state index contributed by atoms with van der Waals surface area (Å²) < 4.78 is 35.3. The second kappa shape index (κ2) is 7.70. The Kier molecular flexibility index (Phi) is 5.58. The van der Waals surface area contributed by atoms with Crippen molar-refractivity contribution in [2.24, 2.45) is 0 Å². The second-order valence-electron chi connectivity index (χ2n) is 5.42. The van der Waals surface area contributed by atoms with Crippen LogP contribution in [0.3, 0.4) is 0 Å². The fourth-order valence-electron chi connectivity index (χ4n) is 2.41. The number of benzene rings is 2. The van der Waals surface area contributed by atoms with Crippen LogP contribution in [-0.2, 0) is 14.9 Å². The summed E-state index contributed by atoms with van der Waals surface area (Å²) in [4.78, 5) is 2.72. The van der Waals surface area contributed by atoms with E-state index in [1.54, 1.807) is 18.2 Å². The van der Waals surface area contributed by atoms with Crippen molar-refractivity contribution in [2.45, 2.75) is 4.90 Å². The number of hydrogen-bond donors (Lipinski definition) is 0. The number of halogens is 1. The van der Waals surface area contributed by atoms with E-state index in [0.717, 1.165) is 5.56 Å². The number of rotatable bonds is 4. The molecule has 0 amide bonds. The lowest BCUT2D eigenvalue weighted by atomic mass is 10.2. The van der Waals surface area contributed by atoms with Crippen molar-refractivity contribution in [3.63, 3.8) is 0 Å². The summed E-state index contributed by atoms with van der Waals surface area (Å²) in [7, 11) is -3.93. The van der Waals surface area contributed by atoms with Crippen LogP contribution in [0.15, 0.2) is 53.4 Å². The van der Waals surface area contributed by atoms with Crippen LogP contribution in [-0.4, -0.2) is 44.6 Å². The molecule has 0 N–H and O–H groups in total. The molecule has 3 rings (SSSR count). The van der Waals surface area contributed by atoms with Crippen LogP contribution >= 0.6 is 23.8 Å². The summed E-state index contributed by atoms with van der Waals surface area (Å²) in [5.41, 5.74) is 0.737. The molecule has 132 valence electrons. The van der Waals surface area contributed by atoms with Gasteiger partial charge in [0, 0.05) is 23.7 Å². The Morgan fingerprint density at radius 3 is 2.48 bits per heavy atom. The van der Waals surface area contributed by atoms with Crippen LogP contribution in [0, 0.1) is 0 Å². The SMILES string of the molecule is O=S(=O)(Oc1cccc(C(=S)N2CCOCC2)c1)c1ccc(Cl)cc1. The molecule has 5 nitrogen and oxygen atoms in total. The van der Waals surface area contributed by atoms with Gasteiger partial charge in [0.15, 0.2) is 0 Å². The van der Waals surface area contributed by atoms with Crippen LogP contribution in [0.2, 0.25) is 5.02 Å². The van der Waals surface area contributed by atoms with E-state index >= 15 is 0 Å². The summed E-state index contributed by atoms with van der Waals surface area (Å²) in [5.74, 6) is 0.211. The first-order chi connectivity index (χ1) is 12.0. The molecule has 1 heterocycles. The maximum atomic E-state index is 12.4. The zero-order chi connectivity index (χ0) is 17.9. The molecule has 1 aliphatic heterocycles. The van der Waals surface area contributed by atoms with E-state index in [4.69, 9.17) is 32.7 Å². The zero-order valence-corrected chi connectivity index (χ0v) is 15.6. The third-order valence-corrected chi connectivity index (χ3v) is 5.69. The van der Waals surface area contributed by atoms with Crippen molar-refractivity contribution < 1.29 is 17.3 Å². The molecular weight excluding hydrogens is 382 g/mol. The predicted molar refractivity (Wildman–Crippen MR) is 99.8 cm³/mol. The molecule has 0 radical (unpaired) electrons. The number of ether oxygens (including phenoxy) is 1. The van der Waals surface area contributed by atoms with Gasteiger partial charge in [0.1, 0.15) is 15.6 Å². The fraction of sp³-hybridized carbons (Fsp3) is 0.235. The van der Waals surface area contributed by atoms with Crippen molar-refractivity contribution in [2.75, 3.05) is 26.3 Å². The van der Waals surface area contributed by atoms with Crippen LogP contribution in [0.4, 0.5) is 0 Å². The predicted octanol–water partition coefficient (Wildman–Crippen LogP) is 3.12. The van der Waals surface area contributed by atoms with E-state index in [0.29, 0.717) is 36.3 Å². The van der Waals surface area contributed by atoms with Gasteiger partial charge in [-0.05, 0) is 36.4 Å². The first-order valence-corrected chi connectivity index (χ1v) is 9.82. The molecule has 2 aromatic carbocycles. The van der Waals surface area contributed by atoms with E-state index in [9.17, 15) is 8.42 Å². The molecule has 0 atom stereocenters. The third-order valence-electron chi connectivity index (χ3n) is 3.69. The molecule has 0 unspecified atom stereocenters.